The van der Waals surface area contributed by atoms with Crippen molar-refractivity contribution in [1.29, 1.82) is 0 Å². The van der Waals surface area contributed by atoms with Gasteiger partial charge in [-0.15, -0.1) is 0 Å². The fraction of sp³-hybridized carbons (Fsp3) is 0.217. The van der Waals surface area contributed by atoms with Crippen LogP contribution in [0.25, 0.3) is 11.1 Å². The summed E-state index contributed by atoms with van der Waals surface area (Å²) in [7, 11) is 0. The Hall–Kier alpha value is -3.14. The highest BCUT2D eigenvalue weighted by Gasteiger charge is 2.06. The minimum atomic E-state index is 0.558. The summed E-state index contributed by atoms with van der Waals surface area (Å²) in [6.45, 7) is 5.98. The van der Waals surface area contributed by atoms with Crippen molar-refractivity contribution in [2.24, 2.45) is 0 Å². The van der Waals surface area contributed by atoms with Crippen molar-refractivity contribution in [2.45, 2.75) is 32.9 Å². The van der Waals surface area contributed by atoms with Gasteiger partial charge in [0.1, 0.15) is 0 Å². The van der Waals surface area contributed by atoms with E-state index in [0.717, 1.165) is 24.2 Å². The number of benzene rings is 2. The van der Waals surface area contributed by atoms with Crippen LogP contribution in [-0.2, 0) is 13.1 Å². The third kappa shape index (κ3) is 4.17. The zero-order chi connectivity index (χ0) is 18.6. The summed E-state index contributed by atoms with van der Waals surface area (Å²) in [6, 6.07) is 19.2. The van der Waals surface area contributed by atoms with E-state index in [1.807, 2.05) is 27.8 Å². The van der Waals surface area contributed by atoms with Crippen molar-refractivity contribution in [1.82, 2.24) is 19.6 Å². The predicted octanol–water partition coefficient (Wildman–Crippen LogP) is 4.97. The summed E-state index contributed by atoms with van der Waals surface area (Å²) >= 11 is 0. The number of hydrogen-bond acceptors (Lipinski definition) is 2. The molecule has 136 valence electrons. The molecule has 2 aromatic heterocycles. The van der Waals surface area contributed by atoms with Crippen LogP contribution in [-0.4, -0.2) is 19.6 Å². The van der Waals surface area contributed by atoms with Crippen molar-refractivity contribution in [3.8, 4) is 11.1 Å². The first kappa shape index (κ1) is 17.3. The summed E-state index contributed by atoms with van der Waals surface area (Å²) in [5, 5.41) is 9.01. The Morgan fingerprint density at radius 2 is 1.22 bits per heavy atom. The Morgan fingerprint density at radius 1 is 0.704 bits per heavy atom. The predicted molar refractivity (Wildman–Crippen MR) is 109 cm³/mol. The summed E-state index contributed by atoms with van der Waals surface area (Å²) in [6.07, 6.45) is 7.97. The Balaban J connectivity index is 1.45. The van der Waals surface area contributed by atoms with Crippen LogP contribution in [0.15, 0.2) is 79.4 Å². The normalized spacial score (nSPS) is 11.2. The number of hydrogen-bond donors (Lipinski definition) is 0. The number of rotatable bonds is 6. The minimum Gasteiger partial charge on any atom is -0.268 e. The van der Waals surface area contributed by atoms with Crippen molar-refractivity contribution in [3.05, 3.63) is 96.1 Å². The summed E-state index contributed by atoms with van der Waals surface area (Å²) in [5.41, 5.74) is 6.05. The molecule has 0 atom stereocenters. The second kappa shape index (κ2) is 7.62. The lowest BCUT2D eigenvalue weighted by atomic mass is 10.0. The summed E-state index contributed by atoms with van der Waals surface area (Å²) in [4.78, 5) is 0. The Morgan fingerprint density at radius 3 is 1.74 bits per heavy atom. The smallest absolute Gasteiger partial charge is 0.0659 e. The fourth-order valence-corrected chi connectivity index (χ4v) is 3.16. The maximum absolute atomic E-state index is 4.52. The molecular formula is C23H24N4. The molecule has 0 aliphatic carbocycles. The van der Waals surface area contributed by atoms with E-state index in [0.29, 0.717) is 5.92 Å². The molecule has 4 heteroatoms. The average molecular weight is 356 g/mol. The highest BCUT2D eigenvalue weighted by Crippen LogP contribution is 2.19. The lowest BCUT2D eigenvalue weighted by Crippen LogP contribution is -2.00. The van der Waals surface area contributed by atoms with Crippen molar-refractivity contribution in [2.75, 3.05) is 0 Å². The highest BCUT2D eigenvalue weighted by atomic mass is 15.3. The molecule has 2 aromatic carbocycles. The maximum atomic E-state index is 4.52. The molecule has 0 aliphatic rings. The number of nitrogens with zero attached hydrogens (tertiary/aromatic N) is 4. The molecule has 0 N–H and O–H groups in total. The van der Waals surface area contributed by atoms with Gasteiger partial charge in [-0.3, -0.25) is 9.36 Å². The van der Waals surface area contributed by atoms with Crippen molar-refractivity contribution < 1.29 is 0 Å². The van der Waals surface area contributed by atoms with Gasteiger partial charge in [-0.1, -0.05) is 68.4 Å². The van der Waals surface area contributed by atoms with E-state index in [1.54, 1.807) is 0 Å². The van der Waals surface area contributed by atoms with Crippen LogP contribution in [0.5, 0.6) is 0 Å². The standard InChI is InChI=1S/C23H24N4/c1-18(2)21-10-8-20(9-11-21)15-27-17-23(13-25-27)22-12-24-26(16-22)14-19-6-4-3-5-7-19/h3-13,16-18H,14-15H2,1-2H3. The molecule has 4 rings (SSSR count). The topological polar surface area (TPSA) is 35.6 Å². The number of aromatic nitrogens is 4. The van der Waals surface area contributed by atoms with Crippen LogP contribution >= 0.6 is 0 Å². The lowest BCUT2D eigenvalue weighted by molar-refractivity contribution is 0.686. The van der Waals surface area contributed by atoms with Gasteiger partial charge in [0.2, 0.25) is 0 Å². The monoisotopic (exact) mass is 356 g/mol. The first-order valence-electron chi connectivity index (χ1n) is 9.35. The highest BCUT2D eigenvalue weighted by molar-refractivity contribution is 5.59. The second-order valence-electron chi connectivity index (χ2n) is 7.24. The van der Waals surface area contributed by atoms with E-state index >= 15 is 0 Å². The van der Waals surface area contributed by atoms with Gasteiger partial charge in [0.15, 0.2) is 0 Å². The first-order valence-corrected chi connectivity index (χ1v) is 9.35. The zero-order valence-electron chi connectivity index (χ0n) is 15.8. The van der Waals surface area contributed by atoms with Gasteiger partial charge in [-0.25, -0.2) is 0 Å². The van der Waals surface area contributed by atoms with E-state index in [9.17, 15) is 0 Å². The van der Waals surface area contributed by atoms with Gasteiger partial charge >= 0.3 is 0 Å². The molecular weight excluding hydrogens is 332 g/mol. The molecule has 0 fully saturated rings. The SMILES string of the molecule is CC(C)c1ccc(Cn2cc(-c3cnn(Cc4ccccc4)c3)cn2)cc1. The second-order valence-corrected chi connectivity index (χ2v) is 7.24. The van der Waals surface area contributed by atoms with Gasteiger partial charge in [-0.05, 0) is 22.6 Å². The van der Waals surface area contributed by atoms with Gasteiger partial charge in [-0.2, -0.15) is 10.2 Å². The van der Waals surface area contributed by atoms with Crippen molar-refractivity contribution >= 4 is 0 Å². The molecule has 2 heterocycles. The van der Waals surface area contributed by atoms with Crippen LogP contribution in [0.2, 0.25) is 0 Å². The van der Waals surface area contributed by atoms with Crippen LogP contribution in [0.1, 0.15) is 36.5 Å². The fourth-order valence-electron chi connectivity index (χ4n) is 3.16. The van der Waals surface area contributed by atoms with E-state index in [1.165, 1.54) is 16.7 Å². The van der Waals surface area contributed by atoms with Gasteiger partial charge in [0, 0.05) is 23.5 Å². The molecule has 0 saturated carbocycles. The molecule has 0 bridgehead atoms. The van der Waals surface area contributed by atoms with E-state index in [2.05, 4.69) is 85.0 Å². The molecule has 0 amide bonds. The summed E-state index contributed by atoms with van der Waals surface area (Å²) < 4.78 is 3.95. The molecule has 4 nitrogen and oxygen atoms in total. The first-order chi connectivity index (χ1) is 13.2. The van der Waals surface area contributed by atoms with Crippen LogP contribution in [0.4, 0.5) is 0 Å². The van der Waals surface area contributed by atoms with E-state index in [4.69, 9.17) is 0 Å². The molecule has 0 spiro atoms. The molecule has 27 heavy (non-hydrogen) atoms. The Labute approximate surface area is 160 Å². The van der Waals surface area contributed by atoms with Gasteiger partial charge < -0.3 is 0 Å². The Kier molecular flexibility index (Phi) is 4.88. The van der Waals surface area contributed by atoms with Crippen LogP contribution in [0.3, 0.4) is 0 Å². The maximum Gasteiger partial charge on any atom is 0.0659 e. The molecule has 0 saturated heterocycles. The summed E-state index contributed by atoms with van der Waals surface area (Å²) in [5.74, 6) is 0.558. The van der Waals surface area contributed by atoms with Crippen molar-refractivity contribution in [3.63, 3.8) is 0 Å². The zero-order valence-corrected chi connectivity index (χ0v) is 15.8. The van der Waals surface area contributed by atoms with Gasteiger partial charge in [0.25, 0.3) is 0 Å². The molecule has 0 radical (unpaired) electrons. The Bertz CT molecular complexity index is 994. The quantitative estimate of drug-likeness (QED) is 0.489. The lowest BCUT2D eigenvalue weighted by Gasteiger charge is -2.07. The largest absolute Gasteiger partial charge is 0.268 e. The molecule has 0 unspecified atom stereocenters. The van der Waals surface area contributed by atoms with E-state index in [-0.39, 0.29) is 0 Å². The van der Waals surface area contributed by atoms with Gasteiger partial charge in [0.05, 0.1) is 25.5 Å². The average Bonchev–Trinajstić information content (AvgIpc) is 3.32. The third-order valence-corrected chi connectivity index (χ3v) is 4.78. The van der Waals surface area contributed by atoms with Crippen LogP contribution < -0.4 is 0 Å². The molecule has 0 aliphatic heterocycles. The third-order valence-electron chi connectivity index (χ3n) is 4.78. The molecule has 4 aromatic rings. The van der Waals surface area contributed by atoms with Crippen LogP contribution in [0, 0.1) is 0 Å². The van der Waals surface area contributed by atoms with E-state index < -0.39 is 0 Å². The minimum absolute atomic E-state index is 0.558.